The molecule has 26 heavy (non-hydrogen) atoms. The van der Waals surface area contributed by atoms with Crippen molar-refractivity contribution in [3.05, 3.63) is 65.8 Å². The molecule has 0 spiro atoms. The summed E-state index contributed by atoms with van der Waals surface area (Å²) in [5.74, 6) is 5.28. The molecule has 0 bridgehead atoms. The highest BCUT2D eigenvalue weighted by Gasteiger charge is 2.18. The summed E-state index contributed by atoms with van der Waals surface area (Å²) in [4.78, 5) is 4.94. The summed E-state index contributed by atoms with van der Waals surface area (Å²) < 4.78 is 28.9. The lowest BCUT2D eigenvalue weighted by molar-refractivity contribution is 0.599. The summed E-state index contributed by atoms with van der Waals surface area (Å²) in [6, 6.07) is 15.3. The van der Waals surface area contributed by atoms with Crippen LogP contribution >= 0.6 is 22.9 Å². The molecule has 2 aromatic heterocycles. The van der Waals surface area contributed by atoms with Crippen molar-refractivity contribution < 1.29 is 8.42 Å². The Morgan fingerprint density at radius 1 is 1.12 bits per heavy atom. The molecular weight excluding hydrogens is 394 g/mol. The normalized spacial score (nSPS) is 12.0. The summed E-state index contributed by atoms with van der Waals surface area (Å²) in [5, 5.41) is 3.35. The van der Waals surface area contributed by atoms with Crippen LogP contribution < -0.4 is 16.6 Å². The number of aromatic nitrogens is 1. The number of hydrazine groups is 1. The minimum Gasteiger partial charge on any atom is -0.324 e. The zero-order valence-corrected chi connectivity index (χ0v) is 15.6. The van der Waals surface area contributed by atoms with E-state index in [2.05, 4.69) is 20.1 Å². The van der Waals surface area contributed by atoms with E-state index >= 15 is 0 Å². The first-order valence-electron chi connectivity index (χ1n) is 7.33. The molecule has 10 heteroatoms. The average molecular weight is 408 g/mol. The minimum absolute atomic E-state index is 0.0869. The molecule has 3 aromatic rings. The van der Waals surface area contributed by atoms with E-state index in [1.807, 2.05) is 6.07 Å². The van der Waals surface area contributed by atoms with Crippen LogP contribution in [0.25, 0.3) is 10.6 Å². The predicted molar refractivity (Wildman–Crippen MR) is 105 cm³/mol. The maximum Gasteiger partial charge on any atom is 0.295 e. The van der Waals surface area contributed by atoms with Gasteiger partial charge in [-0.3, -0.25) is 10.4 Å². The quantitative estimate of drug-likeness (QED) is 0.265. The predicted octanol–water partition coefficient (Wildman–Crippen LogP) is 3.08. The SMILES string of the molecule is NN/C(=N\S(=O)(=O)c1ccc(-c2ccccn2)s1)Nc1ccc(Cl)cc1. The molecular formula is C16H14ClN5O2S2. The van der Waals surface area contributed by atoms with Crippen LogP contribution in [0.3, 0.4) is 0 Å². The number of nitrogens with two attached hydrogens (primary N) is 1. The van der Waals surface area contributed by atoms with Crippen molar-refractivity contribution in [2.75, 3.05) is 5.32 Å². The highest BCUT2D eigenvalue weighted by Crippen LogP contribution is 2.30. The van der Waals surface area contributed by atoms with Gasteiger partial charge in [-0.25, -0.2) is 5.84 Å². The molecule has 1 aromatic carbocycles. The average Bonchev–Trinajstić information content (AvgIpc) is 3.15. The summed E-state index contributed by atoms with van der Waals surface area (Å²) >= 11 is 6.91. The molecule has 4 N–H and O–H groups in total. The third-order valence-corrected chi connectivity index (χ3v) is 6.31. The fourth-order valence-electron chi connectivity index (χ4n) is 2.03. The first-order chi connectivity index (χ1) is 12.5. The zero-order valence-electron chi connectivity index (χ0n) is 13.3. The van der Waals surface area contributed by atoms with E-state index in [-0.39, 0.29) is 10.2 Å². The summed E-state index contributed by atoms with van der Waals surface area (Å²) in [7, 11) is -3.94. The van der Waals surface area contributed by atoms with Gasteiger partial charge >= 0.3 is 0 Å². The van der Waals surface area contributed by atoms with Gasteiger partial charge in [0.05, 0.1) is 10.6 Å². The van der Waals surface area contributed by atoms with E-state index in [0.717, 1.165) is 16.2 Å². The Bertz CT molecular complexity index is 1020. The molecule has 0 amide bonds. The molecule has 0 aliphatic heterocycles. The Morgan fingerprint density at radius 2 is 1.88 bits per heavy atom. The van der Waals surface area contributed by atoms with Crippen molar-refractivity contribution in [2.24, 2.45) is 10.2 Å². The maximum atomic E-state index is 12.5. The van der Waals surface area contributed by atoms with E-state index < -0.39 is 10.0 Å². The van der Waals surface area contributed by atoms with Crippen LogP contribution in [0.15, 0.2) is 69.4 Å². The van der Waals surface area contributed by atoms with E-state index in [1.165, 1.54) is 6.07 Å². The molecule has 0 radical (unpaired) electrons. The summed E-state index contributed by atoms with van der Waals surface area (Å²) in [6.45, 7) is 0. The van der Waals surface area contributed by atoms with Gasteiger partial charge in [0.1, 0.15) is 4.21 Å². The number of hydrogen-bond acceptors (Lipinski definition) is 5. The molecule has 0 saturated carbocycles. The van der Waals surface area contributed by atoms with E-state index in [9.17, 15) is 8.42 Å². The van der Waals surface area contributed by atoms with Crippen LogP contribution in [-0.4, -0.2) is 19.4 Å². The van der Waals surface area contributed by atoms with E-state index in [1.54, 1.807) is 48.7 Å². The van der Waals surface area contributed by atoms with Crippen LogP contribution in [0.4, 0.5) is 5.69 Å². The Hall–Kier alpha value is -2.46. The number of nitrogens with zero attached hydrogens (tertiary/aromatic N) is 2. The number of anilines is 1. The third kappa shape index (κ3) is 4.38. The number of rotatable bonds is 4. The van der Waals surface area contributed by atoms with Crippen molar-refractivity contribution in [1.82, 2.24) is 10.4 Å². The molecule has 0 aliphatic carbocycles. The largest absolute Gasteiger partial charge is 0.324 e. The number of pyridine rings is 1. The van der Waals surface area contributed by atoms with E-state index in [4.69, 9.17) is 17.4 Å². The second kappa shape index (κ2) is 7.83. The summed E-state index contributed by atoms with van der Waals surface area (Å²) in [6.07, 6.45) is 1.65. The fraction of sp³-hybridized carbons (Fsp3) is 0. The van der Waals surface area contributed by atoms with E-state index in [0.29, 0.717) is 16.4 Å². The molecule has 0 saturated heterocycles. The van der Waals surface area contributed by atoms with Gasteiger partial charge < -0.3 is 5.32 Å². The number of nitrogens with one attached hydrogen (secondary N) is 2. The molecule has 0 atom stereocenters. The van der Waals surface area contributed by atoms with Gasteiger partial charge in [0, 0.05) is 16.9 Å². The van der Waals surface area contributed by atoms with Gasteiger partial charge in [-0.05, 0) is 48.5 Å². The topological polar surface area (TPSA) is 109 Å². The maximum absolute atomic E-state index is 12.5. The lowest BCUT2D eigenvalue weighted by Gasteiger charge is -2.08. The minimum atomic E-state index is -3.94. The Morgan fingerprint density at radius 3 is 2.54 bits per heavy atom. The van der Waals surface area contributed by atoms with Crippen LogP contribution in [-0.2, 0) is 10.0 Å². The molecule has 7 nitrogen and oxygen atoms in total. The van der Waals surface area contributed by atoms with Gasteiger partial charge in [-0.2, -0.15) is 8.42 Å². The van der Waals surface area contributed by atoms with Crippen LogP contribution in [0.5, 0.6) is 0 Å². The Labute approximate surface area is 159 Å². The number of thiophene rings is 1. The van der Waals surface area contributed by atoms with Crippen molar-refractivity contribution in [3.8, 4) is 10.6 Å². The Kier molecular flexibility index (Phi) is 5.52. The molecule has 3 rings (SSSR count). The number of hydrogen-bond donors (Lipinski definition) is 3. The monoisotopic (exact) mass is 407 g/mol. The molecule has 134 valence electrons. The standard InChI is InChI=1S/C16H14ClN5O2S2/c17-11-4-6-12(7-5-11)20-16(21-18)22-26(23,24)15-9-8-14(25-15)13-3-1-2-10-19-13/h1-10H,18H2,(H2,20,21,22). The van der Waals surface area contributed by atoms with Crippen molar-refractivity contribution in [3.63, 3.8) is 0 Å². The second-order valence-electron chi connectivity index (χ2n) is 5.02. The number of halogens is 1. The zero-order chi connectivity index (χ0) is 18.6. The molecule has 2 heterocycles. The molecule has 0 fully saturated rings. The molecule has 0 aliphatic rings. The van der Waals surface area contributed by atoms with Gasteiger partial charge in [0.25, 0.3) is 10.0 Å². The number of benzene rings is 1. The van der Waals surface area contributed by atoms with Crippen LogP contribution in [0, 0.1) is 0 Å². The van der Waals surface area contributed by atoms with Crippen molar-refractivity contribution in [1.29, 1.82) is 0 Å². The first kappa shape index (κ1) is 18.3. The van der Waals surface area contributed by atoms with Crippen LogP contribution in [0.2, 0.25) is 5.02 Å². The van der Waals surface area contributed by atoms with Gasteiger partial charge in [-0.1, -0.05) is 17.7 Å². The first-order valence-corrected chi connectivity index (χ1v) is 9.97. The number of sulfonamides is 1. The fourth-order valence-corrected chi connectivity index (χ4v) is 4.34. The lowest BCUT2D eigenvalue weighted by Crippen LogP contribution is -2.36. The Balaban J connectivity index is 1.85. The van der Waals surface area contributed by atoms with Gasteiger partial charge in [0.15, 0.2) is 0 Å². The molecule has 0 unspecified atom stereocenters. The summed E-state index contributed by atoms with van der Waals surface area (Å²) in [5.41, 5.74) is 3.53. The second-order valence-corrected chi connectivity index (χ2v) is 8.38. The van der Waals surface area contributed by atoms with Crippen molar-refractivity contribution >= 4 is 44.6 Å². The highest BCUT2D eigenvalue weighted by atomic mass is 35.5. The van der Waals surface area contributed by atoms with Crippen molar-refractivity contribution in [2.45, 2.75) is 4.21 Å². The third-order valence-electron chi connectivity index (χ3n) is 3.21. The van der Waals surface area contributed by atoms with Gasteiger partial charge in [0.2, 0.25) is 5.96 Å². The number of guanidine groups is 1. The highest BCUT2D eigenvalue weighted by molar-refractivity contribution is 7.92. The lowest BCUT2D eigenvalue weighted by atomic mass is 10.3. The van der Waals surface area contributed by atoms with Gasteiger partial charge in [-0.15, -0.1) is 15.7 Å². The smallest absolute Gasteiger partial charge is 0.295 e. The van der Waals surface area contributed by atoms with Crippen LogP contribution in [0.1, 0.15) is 0 Å².